The van der Waals surface area contributed by atoms with E-state index in [-0.39, 0.29) is 9.83 Å². The van der Waals surface area contributed by atoms with E-state index in [9.17, 15) is 9.90 Å². The molecule has 3 aromatic rings. The van der Waals surface area contributed by atoms with E-state index in [0.29, 0.717) is 20.6 Å². The highest BCUT2D eigenvalue weighted by atomic mass is 35.5. The van der Waals surface area contributed by atoms with E-state index >= 15 is 0 Å². The number of aliphatic imine (C=N–C) groups is 1. The number of nitrogens with zero attached hydrogens (tertiary/aromatic N) is 2. The van der Waals surface area contributed by atoms with Crippen LogP contribution in [0.25, 0.3) is 11.6 Å². The average Bonchev–Trinajstić information content (AvgIpc) is 3.27. The van der Waals surface area contributed by atoms with Gasteiger partial charge < -0.3 is 10.4 Å². The number of nitrogens with one attached hydrogen (secondary N) is 2. The van der Waals surface area contributed by atoms with E-state index in [1.54, 1.807) is 24.4 Å². The number of carbonyl (C=O) groups excluding carboxylic acids is 1. The summed E-state index contributed by atoms with van der Waals surface area (Å²) >= 11 is 18.3. The van der Waals surface area contributed by atoms with Gasteiger partial charge in [0.15, 0.2) is 3.95 Å². The van der Waals surface area contributed by atoms with Crippen molar-refractivity contribution in [3.63, 3.8) is 0 Å². The van der Waals surface area contributed by atoms with Crippen molar-refractivity contribution in [2.45, 2.75) is 13.3 Å². The number of rotatable bonds is 4. The molecule has 0 bridgehead atoms. The van der Waals surface area contributed by atoms with E-state index in [0.717, 1.165) is 33.5 Å². The van der Waals surface area contributed by atoms with Gasteiger partial charge in [0.2, 0.25) is 5.88 Å². The van der Waals surface area contributed by atoms with Crippen molar-refractivity contribution in [2.75, 3.05) is 10.7 Å². The van der Waals surface area contributed by atoms with E-state index in [1.165, 1.54) is 17.4 Å². The third kappa shape index (κ3) is 4.38. The highest BCUT2D eigenvalue weighted by Crippen LogP contribution is 2.38. The Kier molecular flexibility index (Phi) is 6.15. The number of allylic oxidation sites excluding steroid dienone is 1. The number of aromatic nitrogens is 1. The molecule has 158 valence electrons. The van der Waals surface area contributed by atoms with Gasteiger partial charge in [-0.25, -0.2) is 10.2 Å². The van der Waals surface area contributed by atoms with Crippen molar-refractivity contribution in [1.82, 2.24) is 4.68 Å². The Morgan fingerprint density at radius 3 is 2.84 bits per heavy atom. The van der Waals surface area contributed by atoms with Gasteiger partial charge in [-0.15, -0.1) is 0 Å². The Labute approximate surface area is 197 Å². The molecule has 0 radical (unpaired) electrons. The van der Waals surface area contributed by atoms with Crippen molar-refractivity contribution in [3.05, 3.63) is 66.4 Å². The first-order chi connectivity index (χ1) is 14.9. The Morgan fingerprint density at radius 2 is 2.10 bits per heavy atom. The van der Waals surface area contributed by atoms with Gasteiger partial charge >= 0.3 is 6.03 Å². The van der Waals surface area contributed by atoms with Crippen LogP contribution in [0, 0.1) is 3.95 Å². The summed E-state index contributed by atoms with van der Waals surface area (Å²) in [5, 5.41) is 14.0. The maximum atomic E-state index is 12.4. The van der Waals surface area contributed by atoms with E-state index in [1.807, 2.05) is 18.2 Å². The van der Waals surface area contributed by atoms with Crippen molar-refractivity contribution >= 4 is 82.0 Å². The molecular weight excluding hydrogens is 475 g/mol. The summed E-state index contributed by atoms with van der Waals surface area (Å²) in [6.07, 6.45) is 4.45. The van der Waals surface area contributed by atoms with Crippen LogP contribution in [-0.2, 0) is 6.42 Å². The molecular formula is C21H16Cl2N4O2S2. The molecule has 2 aromatic carbocycles. The molecule has 2 heterocycles. The molecule has 0 saturated carbocycles. The van der Waals surface area contributed by atoms with Crippen LogP contribution in [0.1, 0.15) is 22.9 Å². The van der Waals surface area contributed by atoms with Crippen molar-refractivity contribution in [3.8, 4) is 5.88 Å². The molecule has 0 fully saturated rings. The number of thiazole rings is 1. The van der Waals surface area contributed by atoms with Crippen molar-refractivity contribution < 1.29 is 9.90 Å². The summed E-state index contributed by atoms with van der Waals surface area (Å²) < 4.78 is 1.43. The number of halogens is 2. The molecule has 10 heteroatoms. The van der Waals surface area contributed by atoms with E-state index < -0.39 is 6.03 Å². The second-order valence-corrected chi connectivity index (χ2v) is 9.10. The first-order valence-corrected chi connectivity index (χ1v) is 11.2. The van der Waals surface area contributed by atoms with E-state index in [2.05, 4.69) is 22.7 Å². The van der Waals surface area contributed by atoms with Crippen LogP contribution in [0.4, 0.5) is 16.2 Å². The lowest BCUT2D eigenvalue weighted by Gasteiger charge is -2.10. The number of carbonyl (C=O) groups is 1. The molecule has 0 atom stereocenters. The summed E-state index contributed by atoms with van der Waals surface area (Å²) in [6.45, 7) is 2.08. The third-order valence-electron chi connectivity index (χ3n) is 4.63. The molecule has 31 heavy (non-hydrogen) atoms. The van der Waals surface area contributed by atoms with Crippen LogP contribution in [0.2, 0.25) is 10.0 Å². The minimum atomic E-state index is -0.595. The first kappa shape index (κ1) is 21.6. The zero-order valence-electron chi connectivity index (χ0n) is 16.1. The normalized spacial score (nSPS) is 13.5. The van der Waals surface area contributed by atoms with Gasteiger partial charge in [-0.05, 0) is 48.5 Å². The van der Waals surface area contributed by atoms with Gasteiger partial charge in [0, 0.05) is 23.0 Å². The van der Waals surface area contributed by atoms with Crippen LogP contribution >= 0.6 is 46.8 Å². The van der Waals surface area contributed by atoms with Gasteiger partial charge in [0.25, 0.3) is 0 Å². The molecule has 2 amide bonds. The zero-order valence-corrected chi connectivity index (χ0v) is 19.3. The Bertz CT molecular complexity index is 1310. The largest absolute Gasteiger partial charge is 0.492 e. The summed E-state index contributed by atoms with van der Waals surface area (Å²) in [4.78, 5) is 17.4. The predicted octanol–water partition coefficient (Wildman–Crippen LogP) is 6.89. The van der Waals surface area contributed by atoms with Gasteiger partial charge in [-0.3, -0.25) is 4.99 Å². The monoisotopic (exact) mass is 490 g/mol. The fourth-order valence-electron chi connectivity index (χ4n) is 3.13. The second-order valence-electron chi connectivity index (χ2n) is 6.61. The highest BCUT2D eigenvalue weighted by Gasteiger charge is 2.18. The number of para-hydroxylation sites is 1. The fraction of sp³-hybridized carbons (Fsp3) is 0.0952. The number of benzene rings is 2. The number of anilines is 1. The zero-order chi connectivity index (χ0) is 22.1. The molecule has 1 aliphatic rings. The number of amides is 2. The van der Waals surface area contributed by atoms with Gasteiger partial charge in [0.1, 0.15) is 0 Å². The average molecular weight is 491 g/mol. The lowest BCUT2D eigenvalue weighted by molar-refractivity contribution is 0.259. The number of urea groups is 1. The third-order valence-corrected chi connectivity index (χ3v) is 6.68. The molecule has 4 rings (SSSR count). The fourth-order valence-corrected chi connectivity index (χ4v) is 4.61. The highest BCUT2D eigenvalue weighted by molar-refractivity contribution is 7.73. The Balaban J connectivity index is 1.57. The lowest BCUT2D eigenvalue weighted by atomic mass is 10.0. The molecule has 3 N–H and O–H groups in total. The van der Waals surface area contributed by atoms with E-state index in [4.69, 9.17) is 35.4 Å². The van der Waals surface area contributed by atoms with Gasteiger partial charge in [-0.2, -0.15) is 4.68 Å². The summed E-state index contributed by atoms with van der Waals surface area (Å²) in [6, 6.07) is 10.1. The molecule has 0 saturated heterocycles. The Hall–Kier alpha value is -2.65. The number of aryl methyl sites for hydroxylation is 1. The molecule has 1 aliphatic heterocycles. The maximum absolute atomic E-state index is 12.4. The quantitative estimate of drug-likeness (QED) is 0.348. The van der Waals surface area contributed by atoms with Gasteiger partial charge in [-0.1, -0.05) is 59.7 Å². The molecule has 1 aromatic heterocycles. The number of aromatic hydroxyl groups is 1. The molecule has 0 spiro atoms. The number of fused-ring (bicyclic) bond motifs is 1. The summed E-state index contributed by atoms with van der Waals surface area (Å²) in [7, 11) is 0. The SMILES string of the molecule is CCc1cccc2c1N=CC2=Cc1sc(=S)n(NC(=O)Nc2ccc(Cl)c(Cl)c2)c1O. The van der Waals surface area contributed by atoms with Gasteiger partial charge in [0.05, 0.1) is 20.6 Å². The van der Waals surface area contributed by atoms with Crippen LogP contribution < -0.4 is 10.7 Å². The first-order valence-electron chi connectivity index (χ1n) is 9.23. The standard InChI is InChI=1S/C21H16Cl2N4O2S2/c1-2-11-4-3-5-14-12(10-24-18(11)14)8-17-19(28)27(21(30)31-17)26-20(29)25-13-6-7-15(22)16(23)9-13/h3-10,28H,2H2,1H3,(H2,25,26,29). The number of hydrogen-bond acceptors (Lipinski definition) is 5. The molecule has 6 nitrogen and oxygen atoms in total. The minimum absolute atomic E-state index is 0.166. The van der Waals surface area contributed by atoms with Crippen LogP contribution in [0.3, 0.4) is 0 Å². The predicted molar refractivity (Wildman–Crippen MR) is 131 cm³/mol. The minimum Gasteiger partial charge on any atom is -0.492 e. The second kappa shape index (κ2) is 8.84. The summed E-state index contributed by atoms with van der Waals surface area (Å²) in [5.41, 5.74) is 6.94. The van der Waals surface area contributed by atoms with Crippen LogP contribution in [-0.4, -0.2) is 22.0 Å². The molecule has 0 unspecified atom stereocenters. The van der Waals surface area contributed by atoms with Crippen molar-refractivity contribution in [2.24, 2.45) is 4.99 Å². The maximum Gasteiger partial charge on any atom is 0.338 e. The smallest absolute Gasteiger partial charge is 0.338 e. The van der Waals surface area contributed by atoms with Crippen LogP contribution in [0.5, 0.6) is 5.88 Å². The number of hydrogen-bond donors (Lipinski definition) is 3. The van der Waals surface area contributed by atoms with Crippen molar-refractivity contribution in [1.29, 1.82) is 0 Å². The van der Waals surface area contributed by atoms with Crippen LogP contribution in [0.15, 0.2) is 41.4 Å². The Morgan fingerprint density at radius 1 is 1.29 bits per heavy atom. The lowest BCUT2D eigenvalue weighted by Crippen LogP contribution is -2.27. The summed E-state index contributed by atoms with van der Waals surface area (Å²) in [5.74, 6) is -0.166. The molecule has 0 aliphatic carbocycles. The topological polar surface area (TPSA) is 78.7 Å².